The zero-order chi connectivity index (χ0) is 18.0. The highest BCUT2D eigenvalue weighted by Crippen LogP contribution is 2.32. The van der Waals surface area contributed by atoms with Gasteiger partial charge in [-0.15, -0.1) is 24.8 Å². The Labute approximate surface area is 181 Å². The van der Waals surface area contributed by atoms with Crippen LogP contribution >= 0.6 is 48.0 Å². The second-order valence-corrected chi connectivity index (χ2v) is 6.95. The van der Waals surface area contributed by atoms with Gasteiger partial charge in [0.25, 0.3) is 0 Å². The van der Waals surface area contributed by atoms with Gasteiger partial charge in [0.05, 0.1) is 35.4 Å². The lowest BCUT2D eigenvalue weighted by Crippen LogP contribution is -2.20. The van der Waals surface area contributed by atoms with Crippen LogP contribution in [0.1, 0.15) is 35.3 Å². The lowest BCUT2D eigenvalue weighted by atomic mass is 9.97. The Morgan fingerprint density at radius 3 is 2.56 bits per heavy atom. The number of pyridine rings is 1. The molecule has 1 saturated heterocycles. The highest BCUT2D eigenvalue weighted by atomic mass is 35.5. The second-order valence-electron chi connectivity index (χ2n) is 6.14. The predicted octanol–water partition coefficient (Wildman–Crippen LogP) is 4.44. The van der Waals surface area contributed by atoms with Crippen LogP contribution in [0.2, 0.25) is 10.0 Å². The fourth-order valence-electron chi connectivity index (χ4n) is 2.74. The fourth-order valence-corrected chi connectivity index (χ4v) is 3.05. The maximum Gasteiger partial charge on any atom is 0.216 e. The Bertz CT molecular complexity index is 757. The predicted molar refractivity (Wildman–Crippen MR) is 112 cm³/mol. The molecule has 1 aromatic carbocycles. The van der Waals surface area contributed by atoms with E-state index in [9.17, 15) is 5.11 Å². The van der Waals surface area contributed by atoms with E-state index in [0.29, 0.717) is 40.3 Å². The van der Waals surface area contributed by atoms with Gasteiger partial charge in [-0.05, 0) is 30.7 Å². The van der Waals surface area contributed by atoms with Crippen molar-refractivity contribution in [2.75, 3.05) is 13.2 Å². The van der Waals surface area contributed by atoms with Crippen LogP contribution in [-0.4, -0.2) is 29.4 Å². The van der Waals surface area contributed by atoms with E-state index in [1.165, 1.54) is 0 Å². The first-order valence-corrected chi connectivity index (χ1v) is 8.81. The number of hydrogen-bond acceptors (Lipinski definition) is 5. The van der Waals surface area contributed by atoms with E-state index < -0.39 is 12.1 Å². The molecule has 3 atom stereocenters. The molecule has 2 aromatic rings. The van der Waals surface area contributed by atoms with E-state index >= 15 is 0 Å². The van der Waals surface area contributed by atoms with Gasteiger partial charge >= 0.3 is 0 Å². The Kier molecular flexibility index (Phi) is 9.58. The smallest absolute Gasteiger partial charge is 0.216 e. The van der Waals surface area contributed by atoms with Gasteiger partial charge in [-0.3, -0.25) is 0 Å². The molecule has 1 aliphatic heterocycles. The monoisotopic (exact) mass is 454 g/mol. The summed E-state index contributed by atoms with van der Waals surface area (Å²) in [5.41, 5.74) is 8.33. The van der Waals surface area contributed by atoms with E-state index in [2.05, 4.69) is 4.98 Å². The van der Waals surface area contributed by atoms with Crippen molar-refractivity contribution in [3.63, 3.8) is 0 Å². The standard InChI is InChI=1S/C18H20Cl2N2O3.2ClH/c1-10-6-12(8-22-18(10)25-13-4-5-24-9-13)17(23)16(21)11-2-3-14(19)15(20)7-11;;/h2-3,6-8,13,16-17,23H,4-5,9,21H2,1H3;2*1H. The number of aryl methyl sites for hydroxylation is 1. The van der Waals surface area contributed by atoms with E-state index in [0.717, 1.165) is 12.0 Å². The van der Waals surface area contributed by atoms with Crippen molar-refractivity contribution in [2.24, 2.45) is 5.73 Å². The minimum absolute atomic E-state index is 0. The molecule has 0 bridgehead atoms. The molecule has 5 nitrogen and oxygen atoms in total. The number of rotatable bonds is 5. The molecule has 1 aliphatic rings. The number of nitrogens with two attached hydrogens (primary N) is 1. The number of hydrogen-bond donors (Lipinski definition) is 2. The van der Waals surface area contributed by atoms with E-state index in [4.69, 9.17) is 38.4 Å². The molecule has 1 fully saturated rings. The minimum atomic E-state index is -0.924. The van der Waals surface area contributed by atoms with Crippen molar-refractivity contribution in [1.82, 2.24) is 4.98 Å². The van der Waals surface area contributed by atoms with Crippen LogP contribution in [0.25, 0.3) is 0 Å². The topological polar surface area (TPSA) is 77.6 Å². The molecular formula is C18H22Cl4N2O3. The zero-order valence-electron chi connectivity index (χ0n) is 14.6. The van der Waals surface area contributed by atoms with Gasteiger partial charge in [0.15, 0.2) is 0 Å². The molecule has 3 rings (SSSR count). The van der Waals surface area contributed by atoms with Crippen LogP contribution in [0.5, 0.6) is 5.88 Å². The van der Waals surface area contributed by atoms with E-state index in [-0.39, 0.29) is 30.9 Å². The molecule has 0 amide bonds. The van der Waals surface area contributed by atoms with E-state index in [1.807, 2.05) is 13.0 Å². The molecule has 1 aromatic heterocycles. The molecular weight excluding hydrogens is 434 g/mol. The summed E-state index contributed by atoms with van der Waals surface area (Å²) in [6, 6.07) is 6.26. The summed E-state index contributed by atoms with van der Waals surface area (Å²) in [6.07, 6.45) is 1.54. The molecule has 0 aliphatic carbocycles. The molecule has 0 radical (unpaired) electrons. The number of aliphatic hydroxyl groups is 1. The molecule has 0 saturated carbocycles. The molecule has 2 heterocycles. The van der Waals surface area contributed by atoms with Crippen LogP contribution in [0.15, 0.2) is 30.5 Å². The summed E-state index contributed by atoms with van der Waals surface area (Å²) in [6.45, 7) is 3.17. The van der Waals surface area contributed by atoms with Crippen LogP contribution in [-0.2, 0) is 4.74 Å². The third-order valence-electron chi connectivity index (χ3n) is 4.23. The van der Waals surface area contributed by atoms with Crippen molar-refractivity contribution in [3.8, 4) is 5.88 Å². The Morgan fingerprint density at radius 2 is 1.96 bits per heavy atom. The fraction of sp³-hybridized carbons (Fsp3) is 0.389. The maximum atomic E-state index is 10.6. The average Bonchev–Trinajstić information content (AvgIpc) is 3.11. The third-order valence-corrected chi connectivity index (χ3v) is 4.97. The summed E-state index contributed by atoms with van der Waals surface area (Å²) in [5, 5.41) is 11.4. The number of nitrogens with zero attached hydrogens (tertiary/aromatic N) is 1. The Balaban J connectivity index is 0.00000182. The summed E-state index contributed by atoms with van der Waals surface area (Å²) in [7, 11) is 0. The van der Waals surface area contributed by atoms with Gasteiger partial charge in [0.1, 0.15) is 6.10 Å². The molecule has 150 valence electrons. The van der Waals surface area contributed by atoms with Crippen molar-refractivity contribution in [2.45, 2.75) is 31.6 Å². The number of benzene rings is 1. The Morgan fingerprint density at radius 1 is 1.22 bits per heavy atom. The number of aliphatic hydroxyl groups excluding tert-OH is 1. The summed E-state index contributed by atoms with van der Waals surface area (Å²) in [5.74, 6) is 0.551. The third kappa shape index (κ3) is 5.84. The molecule has 0 spiro atoms. The van der Waals surface area contributed by atoms with Gasteiger partial charge in [-0.25, -0.2) is 4.98 Å². The van der Waals surface area contributed by atoms with Crippen LogP contribution in [0, 0.1) is 6.92 Å². The van der Waals surface area contributed by atoms with Crippen LogP contribution in [0.3, 0.4) is 0 Å². The molecule has 9 heteroatoms. The molecule has 3 N–H and O–H groups in total. The Hall–Kier alpha value is -0.790. The average molecular weight is 456 g/mol. The van der Waals surface area contributed by atoms with Gasteiger partial charge < -0.3 is 20.3 Å². The first-order valence-electron chi connectivity index (χ1n) is 8.05. The van der Waals surface area contributed by atoms with Gasteiger partial charge in [0.2, 0.25) is 5.88 Å². The van der Waals surface area contributed by atoms with Crippen LogP contribution < -0.4 is 10.5 Å². The molecule has 27 heavy (non-hydrogen) atoms. The van der Waals surface area contributed by atoms with Crippen molar-refractivity contribution in [3.05, 3.63) is 57.2 Å². The van der Waals surface area contributed by atoms with Crippen molar-refractivity contribution < 1.29 is 14.6 Å². The number of halogens is 4. The normalized spacial score (nSPS) is 18.2. The lowest BCUT2D eigenvalue weighted by molar-refractivity contribution is 0.136. The van der Waals surface area contributed by atoms with Gasteiger partial charge in [-0.2, -0.15) is 0 Å². The molecule has 3 unspecified atom stereocenters. The highest BCUT2D eigenvalue weighted by Gasteiger charge is 2.22. The first-order chi connectivity index (χ1) is 12.0. The second kappa shape index (κ2) is 10.7. The largest absolute Gasteiger partial charge is 0.472 e. The van der Waals surface area contributed by atoms with Crippen molar-refractivity contribution in [1.29, 1.82) is 0 Å². The SMILES string of the molecule is Cc1cc(C(O)C(N)c2ccc(Cl)c(Cl)c2)cnc1OC1CCOC1.Cl.Cl. The summed E-state index contributed by atoms with van der Waals surface area (Å²) < 4.78 is 11.1. The van der Waals surface area contributed by atoms with E-state index in [1.54, 1.807) is 24.4 Å². The number of aromatic nitrogens is 1. The van der Waals surface area contributed by atoms with Crippen LogP contribution in [0.4, 0.5) is 0 Å². The van der Waals surface area contributed by atoms with Gasteiger partial charge in [-0.1, -0.05) is 29.3 Å². The lowest BCUT2D eigenvalue weighted by Gasteiger charge is -2.21. The summed E-state index contributed by atoms with van der Waals surface area (Å²) in [4.78, 5) is 4.33. The zero-order valence-corrected chi connectivity index (χ0v) is 17.7. The highest BCUT2D eigenvalue weighted by molar-refractivity contribution is 6.42. The minimum Gasteiger partial charge on any atom is -0.472 e. The first kappa shape index (κ1) is 24.2. The summed E-state index contributed by atoms with van der Waals surface area (Å²) >= 11 is 11.9. The quantitative estimate of drug-likeness (QED) is 0.696. The van der Waals surface area contributed by atoms with Gasteiger partial charge in [0, 0.05) is 23.7 Å². The van der Waals surface area contributed by atoms with Crippen molar-refractivity contribution >= 4 is 48.0 Å². The number of ether oxygens (including phenoxy) is 2. The maximum absolute atomic E-state index is 10.6.